The molecule has 0 aromatic heterocycles. The van der Waals surface area contributed by atoms with Crippen LogP contribution in [0.4, 0.5) is 0 Å². The Morgan fingerprint density at radius 1 is 1.15 bits per heavy atom. The molecule has 0 aliphatic rings. The van der Waals surface area contributed by atoms with E-state index in [-0.39, 0.29) is 17.1 Å². The SMILES string of the molecule is CCC(O)c1c(O)ccc(O)c1O. The van der Waals surface area contributed by atoms with Gasteiger partial charge in [-0.1, -0.05) is 6.92 Å². The van der Waals surface area contributed by atoms with Crippen LogP contribution >= 0.6 is 0 Å². The van der Waals surface area contributed by atoms with Crippen molar-refractivity contribution in [1.29, 1.82) is 0 Å². The van der Waals surface area contributed by atoms with Crippen LogP contribution in [0.1, 0.15) is 25.0 Å². The molecule has 0 bridgehead atoms. The third-order valence-electron chi connectivity index (χ3n) is 1.89. The van der Waals surface area contributed by atoms with Crippen molar-refractivity contribution in [3.63, 3.8) is 0 Å². The molecule has 0 saturated heterocycles. The minimum atomic E-state index is -0.966. The third-order valence-corrected chi connectivity index (χ3v) is 1.89. The van der Waals surface area contributed by atoms with Gasteiger partial charge in [0, 0.05) is 0 Å². The first-order valence-electron chi connectivity index (χ1n) is 3.99. The van der Waals surface area contributed by atoms with Gasteiger partial charge in [0.15, 0.2) is 11.5 Å². The molecule has 0 amide bonds. The zero-order chi connectivity index (χ0) is 10.0. The van der Waals surface area contributed by atoms with E-state index in [0.717, 1.165) is 6.07 Å². The van der Waals surface area contributed by atoms with E-state index in [0.29, 0.717) is 6.42 Å². The number of benzene rings is 1. The molecule has 13 heavy (non-hydrogen) atoms. The van der Waals surface area contributed by atoms with Gasteiger partial charge in [0.25, 0.3) is 0 Å². The molecule has 1 rings (SSSR count). The third kappa shape index (κ3) is 1.67. The first-order chi connectivity index (χ1) is 6.07. The summed E-state index contributed by atoms with van der Waals surface area (Å²) in [7, 11) is 0. The first kappa shape index (κ1) is 9.67. The molecule has 0 radical (unpaired) electrons. The first-order valence-corrected chi connectivity index (χ1v) is 3.99. The number of aliphatic hydroxyl groups excluding tert-OH is 1. The minimum Gasteiger partial charge on any atom is -0.507 e. The van der Waals surface area contributed by atoms with Crippen molar-refractivity contribution in [2.24, 2.45) is 0 Å². The molecule has 1 aromatic carbocycles. The summed E-state index contributed by atoms with van der Waals surface area (Å²) in [6, 6.07) is 2.39. The predicted molar refractivity (Wildman–Crippen MR) is 46.7 cm³/mol. The Labute approximate surface area is 75.7 Å². The normalized spacial score (nSPS) is 12.8. The average Bonchev–Trinajstić information content (AvgIpc) is 2.12. The Balaban J connectivity index is 3.25. The zero-order valence-corrected chi connectivity index (χ0v) is 7.23. The van der Waals surface area contributed by atoms with Crippen LogP contribution in [0.2, 0.25) is 0 Å². The number of aliphatic hydroxyl groups is 1. The second kappa shape index (κ2) is 3.53. The topological polar surface area (TPSA) is 80.9 Å². The minimum absolute atomic E-state index is 0.0255. The van der Waals surface area contributed by atoms with Crippen molar-refractivity contribution in [1.82, 2.24) is 0 Å². The van der Waals surface area contributed by atoms with Crippen LogP contribution < -0.4 is 0 Å². The maximum Gasteiger partial charge on any atom is 0.167 e. The number of hydrogen-bond donors (Lipinski definition) is 4. The lowest BCUT2D eigenvalue weighted by Gasteiger charge is -2.12. The van der Waals surface area contributed by atoms with E-state index in [2.05, 4.69) is 0 Å². The van der Waals surface area contributed by atoms with Gasteiger partial charge in [0.05, 0.1) is 11.7 Å². The van der Waals surface area contributed by atoms with Gasteiger partial charge >= 0.3 is 0 Å². The van der Waals surface area contributed by atoms with Gasteiger partial charge in [-0.05, 0) is 18.6 Å². The van der Waals surface area contributed by atoms with E-state index in [4.69, 9.17) is 5.11 Å². The lowest BCUT2D eigenvalue weighted by Crippen LogP contribution is -1.96. The van der Waals surface area contributed by atoms with E-state index in [1.165, 1.54) is 6.07 Å². The van der Waals surface area contributed by atoms with Gasteiger partial charge in [0.1, 0.15) is 5.75 Å². The van der Waals surface area contributed by atoms with Gasteiger partial charge in [0.2, 0.25) is 0 Å². The summed E-state index contributed by atoms with van der Waals surface area (Å²) in [4.78, 5) is 0. The molecule has 0 saturated carbocycles. The molecule has 0 aliphatic carbocycles. The Kier molecular flexibility index (Phi) is 2.63. The van der Waals surface area contributed by atoms with Crippen molar-refractivity contribution >= 4 is 0 Å². The smallest absolute Gasteiger partial charge is 0.167 e. The molecule has 4 N–H and O–H groups in total. The van der Waals surface area contributed by atoms with Crippen LogP contribution in [0.25, 0.3) is 0 Å². The van der Waals surface area contributed by atoms with Gasteiger partial charge in [-0.2, -0.15) is 0 Å². The highest BCUT2D eigenvalue weighted by atomic mass is 16.3. The summed E-state index contributed by atoms with van der Waals surface area (Å²) in [6.45, 7) is 1.70. The number of phenolic OH excluding ortho intramolecular Hbond substituents is 3. The second-order valence-electron chi connectivity index (χ2n) is 2.79. The molecule has 0 fully saturated rings. The molecule has 1 unspecified atom stereocenters. The summed E-state index contributed by atoms with van der Waals surface area (Å²) >= 11 is 0. The Hall–Kier alpha value is -1.42. The molecule has 0 heterocycles. The quantitative estimate of drug-likeness (QED) is 0.412. The van der Waals surface area contributed by atoms with Crippen molar-refractivity contribution in [2.75, 3.05) is 0 Å². The van der Waals surface area contributed by atoms with Crippen LogP contribution in [0.5, 0.6) is 17.2 Å². The fraction of sp³-hybridized carbons (Fsp3) is 0.333. The highest BCUT2D eigenvalue weighted by Gasteiger charge is 2.17. The largest absolute Gasteiger partial charge is 0.507 e. The Morgan fingerprint density at radius 3 is 2.23 bits per heavy atom. The Morgan fingerprint density at radius 2 is 1.69 bits per heavy atom. The number of hydrogen-bond acceptors (Lipinski definition) is 4. The van der Waals surface area contributed by atoms with Crippen LogP contribution in [0, 0.1) is 0 Å². The molecular formula is C9H12O4. The van der Waals surface area contributed by atoms with Gasteiger partial charge in [-0.25, -0.2) is 0 Å². The van der Waals surface area contributed by atoms with E-state index < -0.39 is 11.9 Å². The summed E-state index contributed by atoms with van der Waals surface area (Å²) < 4.78 is 0. The average molecular weight is 184 g/mol. The van der Waals surface area contributed by atoms with E-state index in [1.807, 2.05) is 0 Å². The molecule has 0 aliphatic heterocycles. The maximum absolute atomic E-state index is 9.38. The Bertz CT molecular complexity index is 309. The standard InChI is InChI=1S/C9H12O4/c1-2-5(10)8-6(11)3-4-7(12)9(8)13/h3-5,10-13H,2H2,1H3. The fourth-order valence-corrected chi connectivity index (χ4v) is 1.12. The number of phenols is 3. The van der Waals surface area contributed by atoms with Crippen molar-refractivity contribution < 1.29 is 20.4 Å². The summed E-state index contributed by atoms with van der Waals surface area (Å²) in [5.41, 5.74) is -0.0255. The predicted octanol–water partition coefficient (Wildman–Crippen LogP) is 1.25. The molecule has 0 spiro atoms. The highest BCUT2D eigenvalue weighted by Crippen LogP contribution is 2.39. The van der Waals surface area contributed by atoms with E-state index >= 15 is 0 Å². The van der Waals surface area contributed by atoms with Gasteiger partial charge in [-0.3, -0.25) is 0 Å². The maximum atomic E-state index is 9.38. The van der Waals surface area contributed by atoms with Gasteiger partial charge < -0.3 is 20.4 Å². The lowest BCUT2D eigenvalue weighted by molar-refractivity contribution is 0.165. The summed E-state index contributed by atoms with van der Waals surface area (Å²) in [5.74, 6) is -1.03. The van der Waals surface area contributed by atoms with Crippen molar-refractivity contribution in [3.8, 4) is 17.2 Å². The molecular weight excluding hydrogens is 172 g/mol. The van der Waals surface area contributed by atoms with Crippen LogP contribution in [0.15, 0.2) is 12.1 Å². The zero-order valence-electron chi connectivity index (χ0n) is 7.23. The molecule has 1 atom stereocenters. The second-order valence-corrected chi connectivity index (χ2v) is 2.79. The van der Waals surface area contributed by atoms with E-state index in [1.54, 1.807) is 6.92 Å². The number of rotatable bonds is 2. The van der Waals surface area contributed by atoms with Crippen molar-refractivity contribution in [2.45, 2.75) is 19.4 Å². The molecule has 72 valence electrons. The van der Waals surface area contributed by atoms with E-state index in [9.17, 15) is 15.3 Å². The fourth-order valence-electron chi connectivity index (χ4n) is 1.12. The van der Waals surface area contributed by atoms with Crippen LogP contribution in [-0.4, -0.2) is 20.4 Å². The molecule has 4 nitrogen and oxygen atoms in total. The van der Waals surface area contributed by atoms with Crippen molar-refractivity contribution in [3.05, 3.63) is 17.7 Å². The highest BCUT2D eigenvalue weighted by molar-refractivity contribution is 5.52. The van der Waals surface area contributed by atoms with Crippen LogP contribution in [-0.2, 0) is 0 Å². The number of aromatic hydroxyl groups is 3. The van der Waals surface area contributed by atoms with Gasteiger partial charge in [-0.15, -0.1) is 0 Å². The monoisotopic (exact) mass is 184 g/mol. The molecule has 4 heteroatoms. The van der Waals surface area contributed by atoms with Crippen LogP contribution in [0.3, 0.4) is 0 Å². The summed E-state index contributed by atoms with van der Waals surface area (Å²) in [5, 5.41) is 37.1. The molecule has 1 aromatic rings. The lowest BCUT2D eigenvalue weighted by atomic mass is 10.0. The summed E-state index contributed by atoms with van der Waals surface area (Å²) in [6.07, 6.45) is -0.614.